The van der Waals surface area contributed by atoms with Crippen LogP contribution in [0.3, 0.4) is 0 Å². The molecule has 0 radical (unpaired) electrons. The number of aliphatic hydroxyl groups excluding tert-OH is 1. The van der Waals surface area contributed by atoms with Crippen LogP contribution in [0.4, 0.5) is 0 Å². The predicted octanol–water partition coefficient (Wildman–Crippen LogP) is 7.49. The van der Waals surface area contributed by atoms with Crippen LogP contribution < -0.4 is 0 Å². The lowest BCUT2D eigenvalue weighted by molar-refractivity contribution is 0.282. The fourth-order valence-electron chi connectivity index (χ4n) is 4.86. The monoisotopic (exact) mass is 466 g/mol. The zero-order valence-electron chi connectivity index (χ0n) is 19.8. The molecular formula is C33H26N2O. The van der Waals surface area contributed by atoms with E-state index >= 15 is 0 Å². The lowest BCUT2D eigenvalue weighted by Gasteiger charge is -2.22. The second-order valence-electron chi connectivity index (χ2n) is 9.02. The van der Waals surface area contributed by atoms with E-state index in [0.29, 0.717) is 0 Å². The van der Waals surface area contributed by atoms with E-state index in [2.05, 4.69) is 108 Å². The van der Waals surface area contributed by atoms with Crippen LogP contribution >= 0.6 is 0 Å². The zero-order chi connectivity index (χ0) is 24.3. The Labute approximate surface area is 210 Å². The number of rotatable bonds is 6. The summed E-state index contributed by atoms with van der Waals surface area (Å²) in [6.07, 6.45) is 6.34. The van der Waals surface area contributed by atoms with Crippen molar-refractivity contribution in [3.8, 4) is 0 Å². The molecule has 2 aromatic heterocycles. The average molecular weight is 467 g/mol. The van der Waals surface area contributed by atoms with Crippen LogP contribution in [0, 0.1) is 0 Å². The van der Waals surface area contributed by atoms with Gasteiger partial charge >= 0.3 is 0 Å². The minimum atomic E-state index is 0.00443. The minimum Gasteiger partial charge on any atom is -0.392 e. The lowest BCUT2D eigenvalue weighted by atomic mass is 9.96. The fraction of sp³-hybridized carbons (Fsp3) is 0.0606. The third-order valence-electron chi connectivity index (χ3n) is 6.66. The molecule has 3 nitrogen and oxygen atoms in total. The number of hydrogen-bond acceptors (Lipinski definition) is 2. The number of nitrogens with zero attached hydrogens (tertiary/aromatic N) is 2. The highest BCUT2D eigenvalue weighted by Gasteiger charge is 2.18. The topological polar surface area (TPSA) is 38.0 Å². The molecule has 36 heavy (non-hydrogen) atoms. The van der Waals surface area contributed by atoms with Crippen molar-refractivity contribution in [3.63, 3.8) is 0 Å². The van der Waals surface area contributed by atoms with Crippen molar-refractivity contribution in [2.24, 2.45) is 0 Å². The van der Waals surface area contributed by atoms with Gasteiger partial charge in [0.15, 0.2) is 0 Å². The van der Waals surface area contributed by atoms with Crippen LogP contribution in [0.25, 0.3) is 34.0 Å². The molecule has 0 saturated carbocycles. The summed E-state index contributed by atoms with van der Waals surface area (Å²) in [5.41, 5.74) is 7.48. The Kier molecular flexibility index (Phi) is 5.90. The fourth-order valence-corrected chi connectivity index (χ4v) is 4.86. The summed E-state index contributed by atoms with van der Waals surface area (Å²) in [6.45, 7) is 0.0280. The summed E-state index contributed by atoms with van der Waals surface area (Å²) in [7, 11) is 0. The number of aliphatic hydroxyl groups is 1. The second kappa shape index (κ2) is 9.65. The van der Waals surface area contributed by atoms with E-state index < -0.39 is 0 Å². The van der Waals surface area contributed by atoms with Gasteiger partial charge < -0.3 is 9.67 Å². The van der Waals surface area contributed by atoms with Gasteiger partial charge in [0.25, 0.3) is 0 Å². The molecule has 174 valence electrons. The Morgan fingerprint density at radius 3 is 2.39 bits per heavy atom. The first kappa shape index (κ1) is 22.0. The number of aromatic nitrogens is 2. The molecule has 0 fully saturated rings. The van der Waals surface area contributed by atoms with Crippen molar-refractivity contribution in [2.45, 2.75) is 12.6 Å². The molecule has 3 heteroatoms. The van der Waals surface area contributed by atoms with Crippen molar-refractivity contribution < 1.29 is 5.11 Å². The summed E-state index contributed by atoms with van der Waals surface area (Å²) in [5, 5.41) is 12.0. The highest BCUT2D eigenvalue weighted by Crippen LogP contribution is 2.32. The molecule has 0 aliphatic rings. The molecule has 0 saturated heterocycles. The number of para-hydroxylation sites is 1. The molecule has 6 rings (SSSR count). The van der Waals surface area contributed by atoms with E-state index in [9.17, 15) is 5.11 Å². The van der Waals surface area contributed by atoms with Crippen molar-refractivity contribution in [2.75, 3.05) is 0 Å². The highest BCUT2D eigenvalue weighted by atomic mass is 16.3. The van der Waals surface area contributed by atoms with Gasteiger partial charge in [-0.25, -0.2) is 4.98 Å². The quantitative estimate of drug-likeness (QED) is 0.276. The number of fused-ring (bicyclic) bond motifs is 2. The molecule has 6 aromatic rings. The first-order chi connectivity index (χ1) is 17.8. The predicted molar refractivity (Wildman–Crippen MR) is 149 cm³/mol. The largest absolute Gasteiger partial charge is 0.392 e. The summed E-state index contributed by atoms with van der Waals surface area (Å²) >= 11 is 0. The Morgan fingerprint density at radius 2 is 1.50 bits per heavy atom. The average Bonchev–Trinajstić information content (AvgIpc) is 3.35. The second-order valence-corrected chi connectivity index (χ2v) is 9.02. The van der Waals surface area contributed by atoms with Crippen molar-refractivity contribution in [1.29, 1.82) is 0 Å². The van der Waals surface area contributed by atoms with Gasteiger partial charge in [-0.2, -0.15) is 0 Å². The molecule has 1 N–H and O–H groups in total. The van der Waals surface area contributed by atoms with Gasteiger partial charge in [-0.3, -0.25) is 0 Å². The van der Waals surface area contributed by atoms with Crippen molar-refractivity contribution in [1.82, 2.24) is 9.55 Å². The molecular weight excluding hydrogens is 440 g/mol. The third-order valence-corrected chi connectivity index (χ3v) is 6.66. The van der Waals surface area contributed by atoms with E-state index in [0.717, 1.165) is 38.6 Å². The Bertz CT molecular complexity index is 1680. The van der Waals surface area contributed by atoms with E-state index in [1.165, 1.54) is 11.1 Å². The highest BCUT2D eigenvalue weighted by molar-refractivity contribution is 5.82. The summed E-state index contributed by atoms with van der Waals surface area (Å²) < 4.78 is 2.30. The summed E-state index contributed by atoms with van der Waals surface area (Å²) in [4.78, 5) is 4.78. The third kappa shape index (κ3) is 4.33. The van der Waals surface area contributed by atoms with Crippen molar-refractivity contribution in [3.05, 3.63) is 149 Å². The standard InChI is InChI=1S/C33H26N2O/c36-23-25-13-15-27-19-20-35(32(27)22-25)33(28-9-2-1-3-10-28)29-11-6-7-24(21-29)14-17-30-18-16-26-8-4-5-12-31(26)34-30/h1-22,33,36H,23H2. The lowest BCUT2D eigenvalue weighted by Crippen LogP contribution is -2.11. The molecule has 0 amide bonds. The Balaban J connectivity index is 1.41. The van der Waals surface area contributed by atoms with Crippen LogP contribution in [0.15, 0.2) is 121 Å². The molecule has 0 bridgehead atoms. The Hall–Kier alpha value is -4.47. The van der Waals surface area contributed by atoms with E-state index in [4.69, 9.17) is 4.98 Å². The minimum absolute atomic E-state index is 0.00443. The zero-order valence-corrected chi connectivity index (χ0v) is 19.8. The van der Waals surface area contributed by atoms with Crippen molar-refractivity contribution >= 4 is 34.0 Å². The summed E-state index contributed by atoms with van der Waals surface area (Å²) in [6, 6.07) is 39.9. The molecule has 1 unspecified atom stereocenters. The first-order valence-corrected chi connectivity index (χ1v) is 12.2. The molecule has 4 aromatic carbocycles. The molecule has 2 heterocycles. The van der Waals surface area contributed by atoms with Gasteiger partial charge in [0.05, 0.1) is 23.9 Å². The number of pyridine rings is 1. The van der Waals surface area contributed by atoms with Gasteiger partial charge in [-0.15, -0.1) is 0 Å². The van der Waals surface area contributed by atoms with Gasteiger partial charge in [0, 0.05) is 17.1 Å². The molecule has 1 atom stereocenters. The first-order valence-electron chi connectivity index (χ1n) is 12.2. The normalized spacial score (nSPS) is 12.5. The smallest absolute Gasteiger partial charge is 0.0839 e. The summed E-state index contributed by atoms with van der Waals surface area (Å²) in [5.74, 6) is 0. The van der Waals surface area contributed by atoms with Gasteiger partial charge in [-0.05, 0) is 64.0 Å². The molecule has 0 aliphatic carbocycles. The van der Waals surface area contributed by atoms with E-state index in [-0.39, 0.29) is 12.6 Å². The van der Waals surface area contributed by atoms with E-state index in [1.54, 1.807) is 0 Å². The van der Waals surface area contributed by atoms with Crippen LogP contribution in [-0.4, -0.2) is 14.7 Å². The van der Waals surface area contributed by atoms with E-state index in [1.807, 2.05) is 30.3 Å². The maximum Gasteiger partial charge on any atom is 0.0839 e. The van der Waals surface area contributed by atoms with Crippen LogP contribution in [0.5, 0.6) is 0 Å². The van der Waals surface area contributed by atoms with Crippen LogP contribution in [-0.2, 0) is 6.61 Å². The van der Waals surface area contributed by atoms with Gasteiger partial charge in [0.1, 0.15) is 0 Å². The SMILES string of the molecule is OCc1ccc2ccn(C(c3ccccc3)c3cccc(C=Cc4ccc5ccccc5n4)c3)c2c1. The Morgan fingerprint density at radius 1 is 0.694 bits per heavy atom. The van der Waals surface area contributed by atoms with Crippen LogP contribution in [0.2, 0.25) is 0 Å². The number of benzene rings is 4. The maximum absolute atomic E-state index is 9.72. The maximum atomic E-state index is 9.72. The van der Waals surface area contributed by atoms with Gasteiger partial charge in [0.2, 0.25) is 0 Å². The molecule has 0 spiro atoms. The number of hydrogen-bond donors (Lipinski definition) is 1. The van der Waals surface area contributed by atoms with Crippen LogP contribution in [0.1, 0.15) is 34.0 Å². The molecule has 0 aliphatic heterocycles. The van der Waals surface area contributed by atoms with Gasteiger partial charge in [-0.1, -0.05) is 91.0 Å².